The first-order valence-electron chi connectivity index (χ1n) is 6.98. The van der Waals surface area contributed by atoms with E-state index in [1.165, 1.54) is 55.9 Å². The Morgan fingerprint density at radius 1 is 1.17 bits per heavy atom. The summed E-state index contributed by atoms with van der Waals surface area (Å²) in [5, 5.41) is 3.59. The zero-order valence-corrected chi connectivity index (χ0v) is 12.1. The van der Waals surface area contributed by atoms with Crippen LogP contribution in [0.3, 0.4) is 0 Å². The van der Waals surface area contributed by atoms with Crippen LogP contribution in [0.5, 0.6) is 0 Å². The van der Waals surface area contributed by atoms with Crippen molar-refractivity contribution in [3.63, 3.8) is 0 Å². The lowest BCUT2D eigenvalue weighted by molar-refractivity contribution is 0.578. The molecule has 0 spiro atoms. The van der Waals surface area contributed by atoms with E-state index in [9.17, 15) is 0 Å². The molecule has 0 radical (unpaired) electrons. The molecule has 2 rings (SSSR count). The lowest BCUT2D eigenvalue weighted by atomic mass is 10.1. The molecule has 1 fully saturated rings. The summed E-state index contributed by atoms with van der Waals surface area (Å²) in [7, 11) is 0. The Kier molecular flexibility index (Phi) is 5.72. The quantitative estimate of drug-likeness (QED) is 0.786. The van der Waals surface area contributed by atoms with Gasteiger partial charge in [-0.25, -0.2) is 0 Å². The van der Waals surface area contributed by atoms with Crippen molar-refractivity contribution in [3.8, 4) is 0 Å². The maximum absolute atomic E-state index is 3.59. The third kappa shape index (κ3) is 3.84. The summed E-state index contributed by atoms with van der Waals surface area (Å²) in [4.78, 5) is 2.53. The monoisotopic (exact) mass is 264 g/mol. The Balaban J connectivity index is 1.96. The van der Waals surface area contributed by atoms with Gasteiger partial charge in [-0.2, -0.15) is 11.8 Å². The van der Waals surface area contributed by atoms with Crippen LogP contribution in [0.25, 0.3) is 0 Å². The van der Waals surface area contributed by atoms with E-state index >= 15 is 0 Å². The molecule has 1 aromatic rings. The van der Waals surface area contributed by atoms with Gasteiger partial charge in [0.25, 0.3) is 0 Å². The van der Waals surface area contributed by atoms with Gasteiger partial charge in [-0.05, 0) is 49.8 Å². The SMILES string of the molecule is CSCCCNc1ccccc1N1CCCCC1. The molecule has 18 heavy (non-hydrogen) atoms. The standard InChI is InChI=1S/C15H24N2S/c1-18-13-7-10-16-14-8-3-4-9-15(14)17-11-5-2-6-12-17/h3-4,8-9,16H,2,5-7,10-13H2,1H3. The van der Waals surface area contributed by atoms with Gasteiger partial charge in [0.2, 0.25) is 0 Å². The molecule has 1 aliphatic heterocycles. The van der Waals surface area contributed by atoms with Crippen LogP contribution in [0.2, 0.25) is 0 Å². The fourth-order valence-electron chi connectivity index (χ4n) is 2.47. The lowest BCUT2D eigenvalue weighted by Gasteiger charge is -2.30. The number of hydrogen-bond donors (Lipinski definition) is 1. The van der Waals surface area contributed by atoms with Gasteiger partial charge in [-0.1, -0.05) is 12.1 Å². The number of rotatable bonds is 6. The van der Waals surface area contributed by atoms with Crippen LogP contribution in [0.4, 0.5) is 11.4 Å². The summed E-state index contributed by atoms with van der Waals surface area (Å²) in [6.45, 7) is 3.50. The van der Waals surface area contributed by atoms with Crippen LogP contribution >= 0.6 is 11.8 Å². The van der Waals surface area contributed by atoms with Crippen molar-refractivity contribution >= 4 is 23.1 Å². The molecule has 0 saturated carbocycles. The summed E-state index contributed by atoms with van der Waals surface area (Å²) >= 11 is 1.92. The van der Waals surface area contributed by atoms with E-state index in [-0.39, 0.29) is 0 Å². The summed E-state index contributed by atoms with van der Waals surface area (Å²) in [6, 6.07) is 8.74. The largest absolute Gasteiger partial charge is 0.383 e. The summed E-state index contributed by atoms with van der Waals surface area (Å²) in [6.07, 6.45) is 7.46. The van der Waals surface area contributed by atoms with E-state index in [4.69, 9.17) is 0 Å². The van der Waals surface area contributed by atoms with E-state index < -0.39 is 0 Å². The number of nitrogens with one attached hydrogen (secondary N) is 1. The number of para-hydroxylation sites is 2. The van der Waals surface area contributed by atoms with E-state index in [2.05, 4.69) is 40.7 Å². The molecule has 0 bridgehead atoms. The Labute approximate surface area is 115 Å². The average molecular weight is 264 g/mol. The first-order chi connectivity index (χ1) is 8.92. The van der Waals surface area contributed by atoms with Crippen LogP contribution in [-0.4, -0.2) is 31.6 Å². The van der Waals surface area contributed by atoms with Gasteiger partial charge in [-0.15, -0.1) is 0 Å². The minimum absolute atomic E-state index is 1.08. The molecule has 1 saturated heterocycles. The molecule has 0 unspecified atom stereocenters. The van der Waals surface area contributed by atoms with Gasteiger partial charge in [-0.3, -0.25) is 0 Å². The summed E-state index contributed by atoms with van der Waals surface area (Å²) < 4.78 is 0. The third-order valence-electron chi connectivity index (χ3n) is 3.44. The second-order valence-electron chi connectivity index (χ2n) is 4.84. The highest BCUT2D eigenvalue weighted by atomic mass is 32.2. The van der Waals surface area contributed by atoms with E-state index in [1.54, 1.807) is 0 Å². The van der Waals surface area contributed by atoms with Gasteiger partial charge in [0.15, 0.2) is 0 Å². The second-order valence-corrected chi connectivity index (χ2v) is 5.82. The zero-order valence-electron chi connectivity index (χ0n) is 11.3. The first-order valence-corrected chi connectivity index (χ1v) is 8.38. The molecular formula is C15H24N2S. The number of piperidine rings is 1. The molecule has 1 aromatic carbocycles. The van der Waals surface area contributed by atoms with Crippen molar-refractivity contribution in [2.24, 2.45) is 0 Å². The summed E-state index contributed by atoms with van der Waals surface area (Å²) in [5.74, 6) is 1.24. The molecule has 100 valence electrons. The Bertz CT molecular complexity index is 348. The molecule has 0 aliphatic carbocycles. The van der Waals surface area contributed by atoms with Gasteiger partial charge >= 0.3 is 0 Å². The maximum Gasteiger partial charge on any atom is 0.0602 e. The van der Waals surface area contributed by atoms with Crippen LogP contribution in [0.15, 0.2) is 24.3 Å². The first kappa shape index (κ1) is 13.6. The van der Waals surface area contributed by atoms with Crippen LogP contribution in [-0.2, 0) is 0 Å². The van der Waals surface area contributed by atoms with Gasteiger partial charge in [0.05, 0.1) is 11.4 Å². The van der Waals surface area contributed by atoms with Crippen LogP contribution < -0.4 is 10.2 Å². The Morgan fingerprint density at radius 2 is 1.94 bits per heavy atom. The van der Waals surface area contributed by atoms with Gasteiger partial charge < -0.3 is 10.2 Å². The number of hydrogen-bond acceptors (Lipinski definition) is 3. The van der Waals surface area contributed by atoms with Crippen molar-refractivity contribution < 1.29 is 0 Å². The lowest BCUT2D eigenvalue weighted by Crippen LogP contribution is -2.30. The highest BCUT2D eigenvalue weighted by Crippen LogP contribution is 2.28. The third-order valence-corrected chi connectivity index (χ3v) is 4.14. The minimum Gasteiger partial charge on any atom is -0.383 e. The van der Waals surface area contributed by atoms with E-state index in [0.29, 0.717) is 0 Å². The van der Waals surface area contributed by atoms with Gasteiger partial charge in [0, 0.05) is 19.6 Å². The molecule has 3 heteroatoms. The summed E-state index contributed by atoms with van der Waals surface area (Å²) in [5.41, 5.74) is 2.70. The average Bonchev–Trinajstić information content (AvgIpc) is 2.45. The van der Waals surface area contributed by atoms with Crippen LogP contribution in [0.1, 0.15) is 25.7 Å². The van der Waals surface area contributed by atoms with Crippen molar-refractivity contribution in [1.29, 1.82) is 0 Å². The molecular weight excluding hydrogens is 240 g/mol. The predicted octanol–water partition coefficient (Wildman–Crippen LogP) is 3.84. The van der Waals surface area contributed by atoms with E-state index in [0.717, 1.165) is 6.54 Å². The molecule has 1 N–H and O–H groups in total. The number of anilines is 2. The second kappa shape index (κ2) is 7.57. The highest BCUT2D eigenvalue weighted by molar-refractivity contribution is 7.98. The molecule has 1 aliphatic rings. The van der Waals surface area contributed by atoms with Crippen molar-refractivity contribution in [3.05, 3.63) is 24.3 Å². The number of thioether (sulfide) groups is 1. The smallest absolute Gasteiger partial charge is 0.0602 e. The molecule has 0 amide bonds. The van der Waals surface area contributed by atoms with Crippen molar-refractivity contribution in [2.75, 3.05) is 41.9 Å². The molecule has 1 heterocycles. The Morgan fingerprint density at radius 3 is 2.72 bits per heavy atom. The van der Waals surface area contributed by atoms with Crippen LogP contribution in [0, 0.1) is 0 Å². The Hall–Kier alpha value is -0.830. The molecule has 0 aromatic heterocycles. The zero-order chi connectivity index (χ0) is 12.6. The van der Waals surface area contributed by atoms with Gasteiger partial charge in [0.1, 0.15) is 0 Å². The fourth-order valence-corrected chi connectivity index (χ4v) is 2.91. The van der Waals surface area contributed by atoms with Crippen molar-refractivity contribution in [1.82, 2.24) is 0 Å². The highest BCUT2D eigenvalue weighted by Gasteiger charge is 2.13. The normalized spacial score (nSPS) is 15.7. The fraction of sp³-hybridized carbons (Fsp3) is 0.600. The maximum atomic E-state index is 3.59. The van der Waals surface area contributed by atoms with Crippen molar-refractivity contribution in [2.45, 2.75) is 25.7 Å². The topological polar surface area (TPSA) is 15.3 Å². The number of nitrogens with zero attached hydrogens (tertiary/aromatic N) is 1. The molecule has 0 atom stereocenters. The molecule has 2 nitrogen and oxygen atoms in total. The number of benzene rings is 1. The predicted molar refractivity (Wildman–Crippen MR) is 84.0 cm³/mol. The van der Waals surface area contributed by atoms with E-state index in [1.807, 2.05) is 11.8 Å². The minimum atomic E-state index is 1.08.